The first-order valence-electron chi connectivity index (χ1n) is 4.48. The van der Waals surface area contributed by atoms with Crippen LogP contribution in [0.25, 0.3) is 0 Å². The second-order valence-electron chi connectivity index (χ2n) is 4.32. The lowest BCUT2D eigenvalue weighted by Gasteiger charge is -2.68. The van der Waals surface area contributed by atoms with Crippen LogP contribution in [-0.4, -0.2) is 103 Å². The largest absolute Gasteiger partial charge is 0.407 e. The van der Waals surface area contributed by atoms with Gasteiger partial charge in [-0.25, -0.2) is 0 Å². The summed E-state index contributed by atoms with van der Waals surface area (Å²) >= 11 is 0. The summed E-state index contributed by atoms with van der Waals surface area (Å²) < 4.78 is 4.93. The molecule has 1 saturated heterocycles. The van der Waals surface area contributed by atoms with E-state index in [1.165, 1.54) is 0 Å². The van der Waals surface area contributed by atoms with E-state index in [1.807, 2.05) is 0 Å². The molecule has 3 nitrogen and oxygen atoms in total. The average Bonchev–Trinajstić information content (AvgIpc) is 1.95. The van der Waals surface area contributed by atoms with Crippen LogP contribution in [-0.2, 0) is 4.74 Å². The van der Waals surface area contributed by atoms with Gasteiger partial charge < -0.3 is 15.2 Å². The minimum atomic E-state index is -2.66. The highest BCUT2D eigenvalue weighted by Crippen LogP contribution is 2.38. The van der Waals surface area contributed by atoms with Crippen molar-refractivity contribution in [2.45, 2.75) is 27.0 Å². The Morgan fingerprint density at radius 3 is 1.65 bits per heavy atom. The summed E-state index contributed by atoms with van der Waals surface area (Å²) in [5.74, 6) is 0. The van der Waals surface area contributed by atoms with E-state index in [1.54, 1.807) is 0 Å². The van der Waals surface area contributed by atoms with Gasteiger partial charge in [0.2, 0.25) is 0 Å². The van der Waals surface area contributed by atoms with E-state index in [9.17, 15) is 5.11 Å². The van der Waals surface area contributed by atoms with Gasteiger partial charge >= 0.3 is 0 Å². The number of morpholine rings is 1. The molecular weight excluding hydrogens is 203 g/mol. The maximum Gasteiger partial charge on any atom is 0.115 e. The molecular formula is C5H2B9NO2. The van der Waals surface area contributed by atoms with Crippen molar-refractivity contribution in [1.82, 2.24) is 5.32 Å². The molecule has 0 bridgehead atoms. The molecule has 0 aromatic rings. The van der Waals surface area contributed by atoms with Crippen LogP contribution < -0.4 is 5.32 Å². The van der Waals surface area contributed by atoms with E-state index < -0.39 is 27.0 Å². The van der Waals surface area contributed by atoms with Crippen LogP contribution in [0.4, 0.5) is 0 Å². The first-order chi connectivity index (χ1) is 7.16. The summed E-state index contributed by atoms with van der Waals surface area (Å²) in [6, 6.07) is 0. The molecule has 1 rings (SSSR count). The Morgan fingerprint density at radius 2 is 1.29 bits per heavy atom. The topological polar surface area (TPSA) is 41.5 Å². The maximum atomic E-state index is 9.55. The first-order valence-corrected chi connectivity index (χ1v) is 4.48. The number of hydrogen-bond donors (Lipinski definition) is 2. The van der Waals surface area contributed by atoms with Crippen molar-refractivity contribution in [2.75, 3.05) is 0 Å². The SMILES string of the molecule is [B]C([B])(O)C1([B])OC([B])([B])C([B])([B])NC1([B])[B]. The van der Waals surface area contributed by atoms with Gasteiger partial charge in [-0.2, -0.15) is 0 Å². The molecule has 1 atom stereocenters. The summed E-state index contributed by atoms with van der Waals surface area (Å²) in [6.07, 6.45) is 0. The van der Waals surface area contributed by atoms with Crippen LogP contribution in [0.1, 0.15) is 0 Å². The molecule has 0 aromatic heterocycles. The third-order valence-corrected chi connectivity index (χ3v) is 2.60. The van der Waals surface area contributed by atoms with Gasteiger partial charge in [0.1, 0.15) is 23.5 Å². The smallest absolute Gasteiger partial charge is 0.115 e. The number of nitrogens with one attached hydrogen (secondary N) is 1. The molecule has 2 N–H and O–H groups in total. The molecule has 66 valence electrons. The summed E-state index contributed by atoms with van der Waals surface area (Å²) in [6.45, 7) is 0. The summed E-state index contributed by atoms with van der Waals surface area (Å²) in [5.41, 5.74) is -2.45. The zero-order valence-electron chi connectivity index (χ0n) is 9.05. The standard InChI is InChI=1S/C5H2B9NO2/c6-1(4(11,12)16)2(7,8)15-3(9,10)5(13,14)17-1/h15-16H. The minimum Gasteiger partial charge on any atom is -0.407 e. The Morgan fingerprint density at radius 1 is 0.882 bits per heavy atom. The van der Waals surface area contributed by atoms with E-state index >= 15 is 0 Å². The number of aliphatic hydroxyl groups is 1. The van der Waals surface area contributed by atoms with Crippen molar-refractivity contribution >= 4 is 70.6 Å². The summed E-state index contributed by atoms with van der Waals surface area (Å²) in [4.78, 5) is 0. The fraction of sp³-hybridized carbons (Fsp3) is 1.00. The van der Waals surface area contributed by atoms with Crippen molar-refractivity contribution in [2.24, 2.45) is 0 Å². The monoisotopic (exact) mass is 207 g/mol. The Hall–Kier alpha value is 0.464. The van der Waals surface area contributed by atoms with Crippen LogP contribution in [0.15, 0.2) is 0 Å². The Labute approximate surface area is 113 Å². The van der Waals surface area contributed by atoms with Crippen molar-refractivity contribution in [1.29, 1.82) is 0 Å². The van der Waals surface area contributed by atoms with Gasteiger partial charge in [0.25, 0.3) is 0 Å². The van der Waals surface area contributed by atoms with E-state index in [0.29, 0.717) is 0 Å². The van der Waals surface area contributed by atoms with E-state index in [2.05, 4.69) is 5.32 Å². The zero-order valence-corrected chi connectivity index (χ0v) is 9.05. The lowest BCUT2D eigenvalue weighted by atomic mass is 9.29. The van der Waals surface area contributed by atoms with Crippen LogP contribution in [0, 0.1) is 0 Å². The highest BCUT2D eigenvalue weighted by molar-refractivity contribution is 6.57. The van der Waals surface area contributed by atoms with Gasteiger partial charge in [-0.05, 0) is 16.1 Å². The normalized spacial score (nSPS) is 35.1. The van der Waals surface area contributed by atoms with Crippen molar-refractivity contribution in [3.05, 3.63) is 0 Å². The molecule has 0 spiro atoms. The van der Waals surface area contributed by atoms with Crippen molar-refractivity contribution in [3.63, 3.8) is 0 Å². The van der Waals surface area contributed by atoms with Crippen LogP contribution >= 0.6 is 0 Å². The molecule has 1 aliphatic heterocycles. The van der Waals surface area contributed by atoms with E-state index in [-0.39, 0.29) is 0 Å². The third-order valence-electron chi connectivity index (χ3n) is 2.60. The van der Waals surface area contributed by atoms with Crippen LogP contribution in [0.2, 0.25) is 0 Å². The molecule has 1 fully saturated rings. The van der Waals surface area contributed by atoms with Gasteiger partial charge in [0, 0.05) is 10.9 Å². The van der Waals surface area contributed by atoms with E-state index in [0.717, 1.165) is 0 Å². The number of rotatable bonds is 1. The molecule has 1 unspecified atom stereocenters. The Balaban J connectivity index is 3.28. The molecule has 0 aliphatic carbocycles. The lowest BCUT2D eigenvalue weighted by molar-refractivity contribution is -0.134. The van der Waals surface area contributed by atoms with Crippen LogP contribution in [0.5, 0.6) is 0 Å². The van der Waals surface area contributed by atoms with Gasteiger partial charge in [-0.3, -0.25) is 0 Å². The fourth-order valence-corrected chi connectivity index (χ4v) is 1.38. The third kappa shape index (κ3) is 2.21. The molecule has 0 amide bonds. The predicted octanol–water partition coefficient (Wildman–Crippen LogP) is -5.57. The molecule has 0 saturated carbocycles. The zero-order chi connectivity index (χ0) is 13.9. The minimum absolute atomic E-state index is 2.04. The van der Waals surface area contributed by atoms with Gasteiger partial charge in [-0.15, -0.1) is 0 Å². The van der Waals surface area contributed by atoms with Gasteiger partial charge in [-0.1, -0.05) is 0 Å². The molecule has 18 radical (unpaired) electrons. The molecule has 1 heterocycles. The second kappa shape index (κ2) is 3.74. The molecule has 17 heavy (non-hydrogen) atoms. The van der Waals surface area contributed by atoms with Crippen molar-refractivity contribution in [3.8, 4) is 0 Å². The molecule has 12 heteroatoms. The predicted molar refractivity (Wildman–Crippen MR) is 71.9 cm³/mol. The van der Waals surface area contributed by atoms with Crippen LogP contribution in [0.3, 0.4) is 0 Å². The summed E-state index contributed by atoms with van der Waals surface area (Å²) in [7, 11) is 49.1. The second-order valence-corrected chi connectivity index (χ2v) is 4.32. The fourth-order valence-electron chi connectivity index (χ4n) is 1.38. The Kier molecular flexibility index (Phi) is 3.41. The molecule has 0 aromatic carbocycles. The van der Waals surface area contributed by atoms with Crippen molar-refractivity contribution < 1.29 is 9.84 Å². The number of ether oxygens (including phenoxy) is 1. The van der Waals surface area contributed by atoms with Gasteiger partial charge in [0.05, 0.1) is 47.1 Å². The van der Waals surface area contributed by atoms with Gasteiger partial charge in [0.15, 0.2) is 0 Å². The highest BCUT2D eigenvalue weighted by atomic mass is 16.5. The molecule has 1 aliphatic rings. The maximum absolute atomic E-state index is 9.55. The van der Waals surface area contributed by atoms with E-state index in [4.69, 9.17) is 75.4 Å². The Bertz CT molecular complexity index is 326. The quantitative estimate of drug-likeness (QED) is 0.420. The lowest BCUT2D eigenvalue weighted by Crippen LogP contribution is -2.89. The summed E-state index contributed by atoms with van der Waals surface area (Å²) in [5, 5.41) is 2.63. The highest BCUT2D eigenvalue weighted by Gasteiger charge is 2.58. The first kappa shape index (κ1) is 15.5. The number of hydrogen-bond acceptors (Lipinski definition) is 3. The average molecular weight is 205 g/mol.